The van der Waals surface area contributed by atoms with E-state index in [9.17, 15) is 13.2 Å². The first kappa shape index (κ1) is 24.3. The fraction of sp³-hybridized carbons (Fsp3) is 0.167. The van der Waals surface area contributed by atoms with Crippen LogP contribution < -0.4 is 14.8 Å². The zero-order valence-corrected chi connectivity index (χ0v) is 19.6. The molecule has 0 heterocycles. The topological polar surface area (TPSA) is 108 Å². The van der Waals surface area contributed by atoms with Crippen LogP contribution in [0.1, 0.15) is 40.0 Å². The largest absolute Gasteiger partial charge is 0.495 e. The highest BCUT2D eigenvalue weighted by Gasteiger charge is 2.22. The van der Waals surface area contributed by atoms with Gasteiger partial charge < -0.3 is 10.1 Å². The molecule has 0 saturated heterocycles. The quantitative estimate of drug-likeness (QED) is 0.499. The second-order valence-electron chi connectivity index (χ2n) is 7.25. The SMILES string of the molecule is COc1ccc(C(=O)NC(C)c2ccc(C#N)cc2)cc1S(=O)(=O)NCc1ccc(Cl)cc1. The minimum Gasteiger partial charge on any atom is -0.495 e. The van der Waals surface area contributed by atoms with E-state index in [0.717, 1.165) is 11.1 Å². The van der Waals surface area contributed by atoms with Crippen molar-refractivity contribution in [3.05, 3.63) is 94.0 Å². The highest BCUT2D eigenvalue weighted by molar-refractivity contribution is 7.89. The van der Waals surface area contributed by atoms with Crippen molar-refractivity contribution in [2.75, 3.05) is 7.11 Å². The molecule has 0 bridgehead atoms. The smallest absolute Gasteiger partial charge is 0.251 e. The number of hydrogen-bond donors (Lipinski definition) is 2. The molecule has 1 amide bonds. The van der Waals surface area contributed by atoms with Crippen molar-refractivity contribution in [3.8, 4) is 11.8 Å². The minimum atomic E-state index is -3.97. The van der Waals surface area contributed by atoms with Gasteiger partial charge in [0.05, 0.1) is 24.8 Å². The number of amides is 1. The lowest BCUT2D eigenvalue weighted by Crippen LogP contribution is -2.28. The van der Waals surface area contributed by atoms with Crippen molar-refractivity contribution in [2.24, 2.45) is 0 Å². The number of nitrogens with one attached hydrogen (secondary N) is 2. The average molecular weight is 484 g/mol. The van der Waals surface area contributed by atoms with Crippen LogP contribution in [0.3, 0.4) is 0 Å². The Labute approximate surface area is 198 Å². The van der Waals surface area contributed by atoms with Crippen LogP contribution in [0.25, 0.3) is 0 Å². The van der Waals surface area contributed by atoms with Gasteiger partial charge in [0.25, 0.3) is 5.91 Å². The maximum absolute atomic E-state index is 13.0. The van der Waals surface area contributed by atoms with Gasteiger partial charge in [-0.25, -0.2) is 13.1 Å². The van der Waals surface area contributed by atoms with Gasteiger partial charge in [0.1, 0.15) is 10.6 Å². The van der Waals surface area contributed by atoms with Crippen molar-refractivity contribution < 1.29 is 17.9 Å². The monoisotopic (exact) mass is 483 g/mol. The molecule has 0 spiro atoms. The van der Waals surface area contributed by atoms with Crippen LogP contribution >= 0.6 is 11.6 Å². The van der Waals surface area contributed by atoms with Gasteiger partial charge in [-0.15, -0.1) is 0 Å². The molecule has 0 aliphatic carbocycles. The molecule has 2 N–H and O–H groups in total. The lowest BCUT2D eigenvalue weighted by molar-refractivity contribution is 0.0939. The van der Waals surface area contributed by atoms with E-state index in [2.05, 4.69) is 10.0 Å². The summed E-state index contributed by atoms with van der Waals surface area (Å²) in [7, 11) is -2.61. The van der Waals surface area contributed by atoms with Crippen LogP contribution in [0.5, 0.6) is 5.75 Å². The lowest BCUT2D eigenvalue weighted by Gasteiger charge is -2.16. The van der Waals surface area contributed by atoms with E-state index in [-0.39, 0.29) is 28.8 Å². The Balaban J connectivity index is 1.79. The number of benzene rings is 3. The van der Waals surface area contributed by atoms with Crippen LogP contribution in [-0.4, -0.2) is 21.4 Å². The second-order valence-corrected chi connectivity index (χ2v) is 9.42. The molecule has 3 aromatic carbocycles. The summed E-state index contributed by atoms with van der Waals surface area (Å²) in [6, 6.07) is 19.6. The van der Waals surface area contributed by atoms with E-state index in [0.29, 0.717) is 10.6 Å². The molecule has 1 unspecified atom stereocenters. The summed E-state index contributed by atoms with van der Waals surface area (Å²) in [4.78, 5) is 12.7. The minimum absolute atomic E-state index is 0.0504. The summed E-state index contributed by atoms with van der Waals surface area (Å²) >= 11 is 5.87. The van der Waals surface area contributed by atoms with E-state index >= 15 is 0 Å². The summed E-state index contributed by atoms with van der Waals surface area (Å²) in [6.07, 6.45) is 0. The summed E-state index contributed by atoms with van der Waals surface area (Å²) in [5.41, 5.74) is 2.23. The molecule has 9 heteroatoms. The molecule has 0 fully saturated rings. The molecule has 3 aromatic rings. The van der Waals surface area contributed by atoms with E-state index in [1.54, 1.807) is 55.5 Å². The lowest BCUT2D eigenvalue weighted by atomic mass is 10.1. The summed E-state index contributed by atoms with van der Waals surface area (Å²) in [5, 5.41) is 12.3. The first-order valence-electron chi connectivity index (χ1n) is 9.96. The van der Waals surface area contributed by atoms with Gasteiger partial charge in [0.15, 0.2) is 0 Å². The van der Waals surface area contributed by atoms with Gasteiger partial charge in [-0.2, -0.15) is 5.26 Å². The third-order valence-corrected chi connectivity index (χ3v) is 6.66. The molecular formula is C24H22ClN3O4S. The maximum atomic E-state index is 13.0. The molecule has 0 radical (unpaired) electrons. The maximum Gasteiger partial charge on any atom is 0.251 e. The number of nitriles is 1. The Kier molecular flexibility index (Phi) is 7.71. The van der Waals surface area contributed by atoms with Crippen molar-refractivity contribution >= 4 is 27.5 Å². The third kappa shape index (κ3) is 6.11. The number of methoxy groups -OCH3 is 1. The summed E-state index contributed by atoms with van der Waals surface area (Å²) in [5.74, 6) is -0.320. The van der Waals surface area contributed by atoms with Crippen molar-refractivity contribution in [1.82, 2.24) is 10.0 Å². The predicted molar refractivity (Wildman–Crippen MR) is 126 cm³/mol. The molecular weight excluding hydrogens is 462 g/mol. The molecule has 0 aliphatic rings. The molecule has 170 valence electrons. The van der Waals surface area contributed by atoms with Crippen LogP contribution in [0.15, 0.2) is 71.6 Å². The first-order chi connectivity index (χ1) is 15.7. The number of carbonyl (C=O) groups is 1. The van der Waals surface area contributed by atoms with Gasteiger partial charge in [0, 0.05) is 17.1 Å². The third-order valence-electron chi connectivity index (χ3n) is 4.98. The Bertz CT molecular complexity index is 1280. The number of nitrogens with zero attached hydrogens (tertiary/aromatic N) is 1. The molecule has 0 aliphatic heterocycles. The Morgan fingerprint density at radius 3 is 2.36 bits per heavy atom. The van der Waals surface area contributed by atoms with Gasteiger partial charge >= 0.3 is 0 Å². The van der Waals surface area contributed by atoms with Crippen molar-refractivity contribution in [3.63, 3.8) is 0 Å². The van der Waals surface area contributed by atoms with Crippen molar-refractivity contribution in [1.29, 1.82) is 5.26 Å². The molecule has 33 heavy (non-hydrogen) atoms. The average Bonchev–Trinajstić information content (AvgIpc) is 2.83. The number of ether oxygens (including phenoxy) is 1. The number of rotatable bonds is 8. The Morgan fingerprint density at radius 2 is 1.76 bits per heavy atom. The van der Waals surface area contributed by atoms with Gasteiger partial charge in [-0.1, -0.05) is 35.9 Å². The van der Waals surface area contributed by atoms with Crippen LogP contribution in [0.2, 0.25) is 5.02 Å². The normalized spacial score (nSPS) is 11.9. The number of hydrogen-bond acceptors (Lipinski definition) is 5. The highest BCUT2D eigenvalue weighted by atomic mass is 35.5. The Hall–Kier alpha value is -3.38. The van der Waals surface area contributed by atoms with Crippen LogP contribution in [0.4, 0.5) is 0 Å². The summed E-state index contributed by atoms with van der Waals surface area (Å²) in [6.45, 7) is 1.85. The first-order valence-corrected chi connectivity index (χ1v) is 11.8. The van der Waals surface area contributed by atoms with Gasteiger partial charge in [-0.05, 0) is 60.5 Å². The molecule has 0 saturated carbocycles. The number of carbonyl (C=O) groups excluding carboxylic acids is 1. The molecule has 3 rings (SSSR count). The zero-order chi connectivity index (χ0) is 24.0. The standard InChI is InChI=1S/C24H22ClN3O4S/c1-16(19-7-3-17(14-26)4-8-19)28-24(29)20-9-12-22(32-2)23(13-20)33(30,31)27-15-18-5-10-21(25)11-6-18/h3-13,16,27H,15H2,1-2H3,(H,28,29). The van der Waals surface area contributed by atoms with Gasteiger partial charge in [0.2, 0.25) is 10.0 Å². The second kappa shape index (κ2) is 10.5. The van der Waals surface area contributed by atoms with E-state index in [4.69, 9.17) is 21.6 Å². The van der Waals surface area contributed by atoms with Crippen LogP contribution in [0, 0.1) is 11.3 Å². The fourth-order valence-corrected chi connectivity index (χ4v) is 4.43. The van der Waals surface area contributed by atoms with Gasteiger partial charge in [-0.3, -0.25) is 4.79 Å². The summed E-state index contributed by atoms with van der Waals surface area (Å²) < 4.78 is 33.6. The molecule has 0 aromatic heterocycles. The molecule has 1 atom stereocenters. The zero-order valence-electron chi connectivity index (χ0n) is 18.0. The van der Waals surface area contributed by atoms with E-state index < -0.39 is 15.9 Å². The van der Waals surface area contributed by atoms with E-state index in [1.165, 1.54) is 25.3 Å². The highest BCUT2D eigenvalue weighted by Crippen LogP contribution is 2.26. The fourth-order valence-electron chi connectivity index (χ4n) is 3.10. The van der Waals surface area contributed by atoms with E-state index in [1.807, 2.05) is 6.07 Å². The number of sulfonamides is 1. The van der Waals surface area contributed by atoms with Crippen LogP contribution in [-0.2, 0) is 16.6 Å². The van der Waals surface area contributed by atoms with Crippen molar-refractivity contribution in [2.45, 2.75) is 24.4 Å². The predicted octanol–water partition coefficient (Wildman–Crippen LogP) is 4.19. The Morgan fingerprint density at radius 1 is 1.09 bits per heavy atom. The number of halogens is 1. The molecule has 7 nitrogen and oxygen atoms in total.